The number of carbonyl (C=O) groups is 2. The van der Waals surface area contributed by atoms with Gasteiger partial charge >= 0.3 is 0 Å². The van der Waals surface area contributed by atoms with E-state index in [1.54, 1.807) is 28.0 Å². The maximum absolute atomic E-state index is 12.3. The third-order valence-corrected chi connectivity index (χ3v) is 5.50. The number of nitrogens with zero attached hydrogens (tertiary/aromatic N) is 2. The van der Waals surface area contributed by atoms with Crippen LogP contribution in [0.15, 0.2) is 5.38 Å². The minimum Gasteiger partial charge on any atom is -0.355 e. The minimum atomic E-state index is -0.232. The van der Waals surface area contributed by atoms with Gasteiger partial charge in [0.1, 0.15) is 5.01 Å². The molecule has 0 aliphatic carbocycles. The van der Waals surface area contributed by atoms with E-state index in [2.05, 4.69) is 21.9 Å². The van der Waals surface area contributed by atoms with Gasteiger partial charge in [-0.25, -0.2) is 4.98 Å². The lowest BCUT2D eigenvalue weighted by Gasteiger charge is -2.31. The van der Waals surface area contributed by atoms with E-state index in [-0.39, 0.29) is 23.3 Å². The van der Waals surface area contributed by atoms with E-state index in [4.69, 9.17) is 0 Å². The summed E-state index contributed by atoms with van der Waals surface area (Å²) in [6.07, 6.45) is 3.11. The smallest absolute Gasteiger partial charge is 0.225 e. The Morgan fingerprint density at radius 3 is 2.87 bits per heavy atom. The molecule has 1 aliphatic heterocycles. The van der Waals surface area contributed by atoms with Crippen molar-refractivity contribution >= 4 is 34.9 Å². The number of thiazole rings is 1. The lowest BCUT2D eigenvalue weighted by molar-refractivity contribution is -0.132. The molecule has 0 saturated carbocycles. The molecule has 2 rings (SSSR count). The molecule has 0 radical (unpaired) electrons. The highest BCUT2D eigenvalue weighted by Gasteiger charge is 2.39. The quantitative estimate of drug-likeness (QED) is 0.851. The van der Waals surface area contributed by atoms with Gasteiger partial charge in [0.2, 0.25) is 11.8 Å². The molecule has 5 nitrogen and oxygen atoms in total. The Balaban J connectivity index is 1.78. The monoisotopic (exact) mass is 355 g/mol. The van der Waals surface area contributed by atoms with Crippen LogP contribution in [-0.2, 0) is 21.8 Å². The van der Waals surface area contributed by atoms with Crippen LogP contribution < -0.4 is 5.32 Å². The third kappa shape index (κ3) is 4.94. The molecule has 2 heterocycles. The molecule has 0 aromatic carbocycles. The summed E-state index contributed by atoms with van der Waals surface area (Å²) < 4.78 is 0. The molecule has 0 bridgehead atoms. The van der Waals surface area contributed by atoms with Crippen molar-refractivity contribution in [2.24, 2.45) is 5.92 Å². The molecule has 1 aliphatic rings. The van der Waals surface area contributed by atoms with Crippen LogP contribution in [0.3, 0.4) is 0 Å². The number of hydrogen-bond acceptors (Lipinski definition) is 5. The average Bonchev–Trinajstić information content (AvgIpc) is 3.05. The number of amides is 2. The molecular formula is C16H25N3O2S2. The van der Waals surface area contributed by atoms with E-state index in [1.165, 1.54) is 0 Å². The summed E-state index contributed by atoms with van der Waals surface area (Å²) in [6, 6.07) is 0. The van der Waals surface area contributed by atoms with Crippen LogP contribution >= 0.6 is 23.1 Å². The van der Waals surface area contributed by atoms with E-state index >= 15 is 0 Å². The Morgan fingerprint density at radius 1 is 1.52 bits per heavy atom. The average molecular weight is 356 g/mol. The van der Waals surface area contributed by atoms with Crippen molar-refractivity contribution in [2.75, 3.05) is 19.3 Å². The zero-order valence-corrected chi connectivity index (χ0v) is 15.9. The Kier molecular flexibility index (Phi) is 6.08. The fourth-order valence-corrected chi connectivity index (χ4v) is 4.19. The number of rotatable bonds is 6. The van der Waals surface area contributed by atoms with Crippen molar-refractivity contribution in [3.63, 3.8) is 0 Å². The van der Waals surface area contributed by atoms with E-state index in [0.717, 1.165) is 22.9 Å². The predicted octanol–water partition coefficient (Wildman–Crippen LogP) is 2.31. The third-order valence-electron chi connectivity index (χ3n) is 3.85. The number of likely N-dealkylation sites (tertiary alicyclic amines) is 1. The minimum absolute atomic E-state index is 0.0235. The summed E-state index contributed by atoms with van der Waals surface area (Å²) in [7, 11) is 0. The molecule has 2 amide bonds. The lowest BCUT2D eigenvalue weighted by Crippen LogP contribution is -2.43. The number of thioether (sulfide) groups is 1. The SMILES string of the molecule is CSCc1nc(CCNC(=O)C2CC(=O)N(C(C)(C)C)C2)cs1. The molecule has 7 heteroatoms. The first-order valence-electron chi connectivity index (χ1n) is 7.81. The summed E-state index contributed by atoms with van der Waals surface area (Å²) >= 11 is 3.42. The van der Waals surface area contributed by atoms with Crippen LogP contribution in [0.4, 0.5) is 0 Å². The standard InChI is InChI=1S/C16H25N3O2S2/c1-16(2,3)19-8-11(7-14(19)20)15(21)17-6-5-12-9-23-13(18-12)10-22-4/h9,11H,5-8,10H2,1-4H3,(H,17,21). The van der Waals surface area contributed by atoms with Gasteiger partial charge in [0.15, 0.2) is 0 Å². The predicted molar refractivity (Wildman–Crippen MR) is 95.6 cm³/mol. The first-order valence-corrected chi connectivity index (χ1v) is 10.1. The summed E-state index contributed by atoms with van der Waals surface area (Å²) in [5.41, 5.74) is 0.804. The van der Waals surface area contributed by atoms with Gasteiger partial charge in [0.05, 0.1) is 11.6 Å². The molecule has 1 fully saturated rings. The number of carbonyl (C=O) groups excluding carboxylic acids is 2. The summed E-state index contributed by atoms with van der Waals surface area (Å²) in [6.45, 7) is 7.09. The van der Waals surface area contributed by atoms with Crippen LogP contribution in [0.25, 0.3) is 0 Å². The van der Waals surface area contributed by atoms with E-state index in [0.29, 0.717) is 19.5 Å². The fourth-order valence-electron chi connectivity index (χ4n) is 2.64. The summed E-state index contributed by atoms with van der Waals surface area (Å²) in [5.74, 6) is 0.747. The zero-order valence-electron chi connectivity index (χ0n) is 14.2. The van der Waals surface area contributed by atoms with Crippen molar-refractivity contribution < 1.29 is 9.59 Å². The zero-order chi connectivity index (χ0) is 17.0. The Morgan fingerprint density at radius 2 is 2.26 bits per heavy atom. The van der Waals surface area contributed by atoms with Crippen LogP contribution in [0, 0.1) is 5.92 Å². The van der Waals surface area contributed by atoms with Gasteiger partial charge in [-0.15, -0.1) is 11.3 Å². The molecule has 1 aromatic rings. The normalized spacial score (nSPS) is 18.5. The second kappa shape index (κ2) is 7.66. The highest BCUT2D eigenvalue weighted by Crippen LogP contribution is 2.25. The van der Waals surface area contributed by atoms with E-state index in [9.17, 15) is 9.59 Å². The highest BCUT2D eigenvalue weighted by atomic mass is 32.2. The maximum Gasteiger partial charge on any atom is 0.225 e. The van der Waals surface area contributed by atoms with Gasteiger partial charge in [-0.1, -0.05) is 0 Å². The topological polar surface area (TPSA) is 62.3 Å². The first-order chi connectivity index (χ1) is 10.8. The number of hydrogen-bond donors (Lipinski definition) is 1. The van der Waals surface area contributed by atoms with E-state index < -0.39 is 0 Å². The number of nitrogens with one attached hydrogen (secondary N) is 1. The second-order valence-electron chi connectivity index (χ2n) is 6.78. The maximum atomic E-state index is 12.3. The van der Waals surface area contributed by atoms with Gasteiger partial charge in [-0.05, 0) is 27.0 Å². The van der Waals surface area contributed by atoms with Crippen molar-refractivity contribution in [2.45, 2.75) is 44.9 Å². The molecule has 0 spiro atoms. The van der Waals surface area contributed by atoms with Crippen molar-refractivity contribution in [1.82, 2.24) is 15.2 Å². The molecule has 23 heavy (non-hydrogen) atoms. The van der Waals surface area contributed by atoms with Gasteiger partial charge in [0, 0.05) is 42.6 Å². The highest BCUT2D eigenvalue weighted by molar-refractivity contribution is 7.97. The molecule has 1 aromatic heterocycles. The Labute approximate surface area is 146 Å². The molecular weight excluding hydrogens is 330 g/mol. The van der Waals surface area contributed by atoms with Crippen molar-refractivity contribution in [1.29, 1.82) is 0 Å². The first kappa shape index (κ1) is 18.3. The van der Waals surface area contributed by atoms with Gasteiger partial charge in [-0.2, -0.15) is 11.8 Å². The molecule has 128 valence electrons. The van der Waals surface area contributed by atoms with Gasteiger partial charge < -0.3 is 10.2 Å². The molecule has 1 atom stereocenters. The van der Waals surface area contributed by atoms with Crippen molar-refractivity contribution in [3.8, 4) is 0 Å². The Hall–Kier alpha value is -1.08. The molecule has 1 N–H and O–H groups in total. The summed E-state index contributed by atoms with van der Waals surface area (Å²) in [5, 5.41) is 6.13. The van der Waals surface area contributed by atoms with Crippen LogP contribution in [-0.4, -0.2) is 46.6 Å². The molecule has 1 unspecified atom stereocenters. The van der Waals surface area contributed by atoms with Crippen LogP contribution in [0.2, 0.25) is 0 Å². The largest absolute Gasteiger partial charge is 0.355 e. The Bertz CT molecular complexity index is 566. The van der Waals surface area contributed by atoms with E-state index in [1.807, 2.05) is 20.8 Å². The molecule has 1 saturated heterocycles. The fraction of sp³-hybridized carbons (Fsp3) is 0.688. The second-order valence-corrected chi connectivity index (χ2v) is 8.59. The van der Waals surface area contributed by atoms with Crippen LogP contribution in [0.5, 0.6) is 0 Å². The number of aromatic nitrogens is 1. The summed E-state index contributed by atoms with van der Waals surface area (Å²) in [4.78, 5) is 30.6. The van der Waals surface area contributed by atoms with Gasteiger partial charge in [-0.3, -0.25) is 9.59 Å². The van der Waals surface area contributed by atoms with Gasteiger partial charge in [0.25, 0.3) is 0 Å². The van der Waals surface area contributed by atoms with Crippen molar-refractivity contribution in [3.05, 3.63) is 16.1 Å². The lowest BCUT2D eigenvalue weighted by atomic mass is 10.1. The van der Waals surface area contributed by atoms with Crippen LogP contribution in [0.1, 0.15) is 37.9 Å².